The van der Waals surface area contributed by atoms with E-state index in [0.717, 1.165) is 6.33 Å². The van der Waals surface area contributed by atoms with Gasteiger partial charge in [-0.15, -0.1) is 0 Å². The van der Waals surface area contributed by atoms with Crippen LogP contribution in [0.3, 0.4) is 0 Å². The van der Waals surface area contributed by atoms with E-state index in [1.165, 1.54) is 30.3 Å². The number of hydrogen-bond acceptors (Lipinski definition) is 5. The van der Waals surface area contributed by atoms with Crippen LogP contribution in [0.15, 0.2) is 41.6 Å². The second-order valence-electron chi connectivity index (χ2n) is 3.47. The Kier molecular flexibility index (Phi) is 3.64. The highest BCUT2D eigenvalue weighted by Gasteiger charge is 2.15. The summed E-state index contributed by atoms with van der Waals surface area (Å²) < 4.78 is 26.4. The van der Waals surface area contributed by atoms with E-state index in [1.54, 1.807) is 0 Å². The van der Waals surface area contributed by atoms with Gasteiger partial charge in [-0.25, -0.2) is 18.4 Å². The van der Waals surface area contributed by atoms with Crippen LogP contribution in [-0.4, -0.2) is 18.4 Å². The second-order valence-corrected chi connectivity index (χ2v) is 5.54. The quantitative estimate of drug-likeness (QED) is 0.871. The van der Waals surface area contributed by atoms with Gasteiger partial charge in [-0.2, -0.15) is 5.26 Å². The molecule has 2 aromatic rings. The van der Waals surface area contributed by atoms with Gasteiger partial charge in [0.05, 0.1) is 16.5 Å². The van der Waals surface area contributed by atoms with Gasteiger partial charge in [-0.05, 0) is 18.2 Å². The molecule has 0 unspecified atom stereocenters. The van der Waals surface area contributed by atoms with Crippen LogP contribution in [-0.2, 0) is 10.0 Å². The average Bonchev–Trinajstić information content (AvgIpc) is 2.38. The molecule has 0 fully saturated rings. The zero-order valence-electron chi connectivity index (χ0n) is 9.41. The van der Waals surface area contributed by atoms with Crippen LogP contribution in [0.2, 0.25) is 5.15 Å². The normalized spacial score (nSPS) is 10.7. The van der Waals surface area contributed by atoms with Gasteiger partial charge in [-0.1, -0.05) is 17.7 Å². The van der Waals surface area contributed by atoms with Gasteiger partial charge in [0.25, 0.3) is 10.0 Å². The summed E-state index contributed by atoms with van der Waals surface area (Å²) in [5, 5.41) is 8.87. The Bertz CT molecular complexity index is 755. The van der Waals surface area contributed by atoms with Crippen LogP contribution in [0, 0.1) is 11.3 Å². The molecule has 1 N–H and O–H groups in total. The number of benzene rings is 1. The largest absolute Gasteiger partial charge is 0.263 e. The summed E-state index contributed by atoms with van der Waals surface area (Å²) in [7, 11) is -3.81. The Labute approximate surface area is 114 Å². The maximum atomic E-state index is 12.1. The van der Waals surface area contributed by atoms with Crippen LogP contribution in [0.25, 0.3) is 0 Å². The predicted octanol–water partition coefficient (Wildman–Crippen LogP) is 1.80. The SMILES string of the molecule is N#Cc1cccc(S(=O)(=O)Nc2cc(Cl)ncn2)c1. The highest BCUT2D eigenvalue weighted by molar-refractivity contribution is 7.92. The summed E-state index contributed by atoms with van der Waals surface area (Å²) in [6.45, 7) is 0. The molecule has 96 valence electrons. The lowest BCUT2D eigenvalue weighted by Gasteiger charge is -2.07. The van der Waals surface area contributed by atoms with Crippen LogP contribution in [0.1, 0.15) is 5.56 Å². The molecule has 19 heavy (non-hydrogen) atoms. The van der Waals surface area contributed by atoms with Gasteiger partial charge in [0, 0.05) is 6.07 Å². The molecular weight excluding hydrogens is 288 g/mol. The molecule has 1 heterocycles. The smallest absolute Gasteiger partial charge is 0.263 e. The number of sulfonamides is 1. The zero-order chi connectivity index (χ0) is 13.9. The minimum absolute atomic E-state index is 0.0266. The van der Waals surface area contributed by atoms with Crippen molar-refractivity contribution in [3.8, 4) is 6.07 Å². The molecule has 0 spiro atoms. The minimum Gasteiger partial charge on any atom is -0.263 e. The summed E-state index contributed by atoms with van der Waals surface area (Å²) >= 11 is 5.64. The van der Waals surface area contributed by atoms with Crippen molar-refractivity contribution in [2.45, 2.75) is 4.90 Å². The van der Waals surface area contributed by atoms with Crippen molar-refractivity contribution in [2.75, 3.05) is 4.72 Å². The maximum absolute atomic E-state index is 12.1. The van der Waals surface area contributed by atoms with E-state index < -0.39 is 10.0 Å². The van der Waals surface area contributed by atoms with Gasteiger partial charge in [-0.3, -0.25) is 4.72 Å². The van der Waals surface area contributed by atoms with E-state index in [2.05, 4.69) is 14.7 Å². The topological polar surface area (TPSA) is 95.7 Å². The Balaban J connectivity index is 2.35. The molecule has 0 bridgehead atoms. The van der Waals surface area contributed by atoms with Crippen molar-refractivity contribution < 1.29 is 8.42 Å². The van der Waals surface area contributed by atoms with Crippen molar-refractivity contribution >= 4 is 27.4 Å². The lowest BCUT2D eigenvalue weighted by atomic mass is 10.2. The van der Waals surface area contributed by atoms with Gasteiger partial charge >= 0.3 is 0 Å². The molecule has 0 saturated carbocycles. The summed E-state index contributed by atoms with van der Waals surface area (Å²) in [6, 6.07) is 8.81. The van der Waals surface area contributed by atoms with Crippen molar-refractivity contribution in [3.05, 3.63) is 47.4 Å². The highest BCUT2D eigenvalue weighted by Crippen LogP contribution is 2.16. The molecule has 0 atom stereocenters. The first-order chi connectivity index (χ1) is 9.01. The fourth-order valence-corrected chi connectivity index (χ4v) is 2.51. The second kappa shape index (κ2) is 5.22. The molecule has 8 heteroatoms. The number of halogens is 1. The molecule has 0 aliphatic heterocycles. The molecule has 0 aliphatic carbocycles. The first-order valence-corrected chi connectivity index (χ1v) is 6.88. The summed E-state index contributed by atoms with van der Waals surface area (Å²) in [4.78, 5) is 7.36. The molecule has 0 amide bonds. The van der Waals surface area contributed by atoms with Gasteiger partial charge < -0.3 is 0 Å². The number of nitriles is 1. The zero-order valence-corrected chi connectivity index (χ0v) is 11.0. The van der Waals surface area contributed by atoms with E-state index >= 15 is 0 Å². The number of anilines is 1. The van der Waals surface area contributed by atoms with E-state index in [0.29, 0.717) is 0 Å². The van der Waals surface area contributed by atoms with E-state index in [4.69, 9.17) is 16.9 Å². The number of nitrogens with one attached hydrogen (secondary N) is 1. The Morgan fingerprint density at radius 2 is 2.05 bits per heavy atom. The van der Waals surface area contributed by atoms with Gasteiger partial charge in [0.2, 0.25) is 0 Å². The molecule has 1 aromatic carbocycles. The van der Waals surface area contributed by atoms with Crippen molar-refractivity contribution in [1.29, 1.82) is 5.26 Å². The molecule has 0 aliphatic rings. The number of nitrogens with zero attached hydrogens (tertiary/aromatic N) is 3. The van der Waals surface area contributed by atoms with Crippen molar-refractivity contribution in [1.82, 2.24) is 9.97 Å². The first kappa shape index (κ1) is 13.3. The Morgan fingerprint density at radius 1 is 1.26 bits per heavy atom. The van der Waals surface area contributed by atoms with Gasteiger partial charge in [0.1, 0.15) is 17.3 Å². The standard InChI is InChI=1S/C11H7ClN4O2S/c12-10-5-11(15-7-14-10)16-19(17,18)9-3-1-2-8(4-9)6-13/h1-5,7H,(H,14,15,16). The highest BCUT2D eigenvalue weighted by atomic mass is 35.5. The van der Waals surface area contributed by atoms with Crippen LogP contribution in [0.4, 0.5) is 5.82 Å². The third kappa shape index (κ3) is 3.19. The summed E-state index contributed by atoms with van der Waals surface area (Å²) in [5.41, 5.74) is 0.253. The molecule has 1 aromatic heterocycles. The Morgan fingerprint density at radius 3 is 2.74 bits per heavy atom. The van der Waals surface area contributed by atoms with Crippen LogP contribution in [0.5, 0.6) is 0 Å². The monoisotopic (exact) mass is 294 g/mol. The molecule has 6 nitrogen and oxygen atoms in total. The molecule has 2 rings (SSSR count). The fourth-order valence-electron chi connectivity index (χ4n) is 1.32. The summed E-state index contributed by atoms with van der Waals surface area (Å²) in [6.07, 6.45) is 1.14. The number of aromatic nitrogens is 2. The Hall–Kier alpha value is -2.17. The summed E-state index contributed by atoms with van der Waals surface area (Å²) in [5.74, 6) is 0.0577. The van der Waals surface area contributed by atoms with E-state index in [-0.39, 0.29) is 21.4 Å². The minimum atomic E-state index is -3.81. The maximum Gasteiger partial charge on any atom is 0.263 e. The van der Waals surface area contributed by atoms with Gasteiger partial charge in [0.15, 0.2) is 0 Å². The van der Waals surface area contributed by atoms with E-state index in [1.807, 2.05) is 6.07 Å². The van der Waals surface area contributed by atoms with Crippen LogP contribution < -0.4 is 4.72 Å². The fraction of sp³-hybridized carbons (Fsp3) is 0. The molecular formula is C11H7ClN4O2S. The first-order valence-electron chi connectivity index (χ1n) is 5.02. The van der Waals surface area contributed by atoms with E-state index in [9.17, 15) is 8.42 Å². The average molecular weight is 295 g/mol. The molecule has 0 radical (unpaired) electrons. The number of rotatable bonds is 3. The third-order valence-corrected chi connectivity index (χ3v) is 3.71. The lowest BCUT2D eigenvalue weighted by molar-refractivity contribution is 0.601. The number of hydrogen-bond donors (Lipinski definition) is 1. The molecule has 0 saturated heterocycles. The third-order valence-electron chi connectivity index (χ3n) is 2.15. The lowest BCUT2D eigenvalue weighted by Crippen LogP contribution is -2.14. The predicted molar refractivity (Wildman–Crippen MR) is 69.0 cm³/mol. The van der Waals surface area contributed by atoms with Crippen molar-refractivity contribution in [2.24, 2.45) is 0 Å². The van der Waals surface area contributed by atoms with Crippen molar-refractivity contribution in [3.63, 3.8) is 0 Å². The van der Waals surface area contributed by atoms with Crippen LogP contribution >= 0.6 is 11.6 Å².